The van der Waals surface area contributed by atoms with Gasteiger partial charge in [-0.25, -0.2) is 0 Å². The van der Waals surface area contributed by atoms with Gasteiger partial charge in [0.05, 0.1) is 23.8 Å². The first-order chi connectivity index (χ1) is 18.7. The Kier molecular flexibility index (Phi) is 7.54. The topological polar surface area (TPSA) is 38.8 Å². The molecule has 3 aliphatic rings. The van der Waals surface area contributed by atoms with E-state index in [0.717, 1.165) is 16.8 Å². The van der Waals surface area contributed by atoms with Gasteiger partial charge in [0.1, 0.15) is 0 Å². The van der Waals surface area contributed by atoms with Gasteiger partial charge in [-0.15, -0.1) is 0 Å². The second-order valence-electron chi connectivity index (χ2n) is 11.2. The van der Waals surface area contributed by atoms with E-state index in [1.54, 1.807) is 6.08 Å². The van der Waals surface area contributed by atoms with Crippen LogP contribution in [0.25, 0.3) is 0 Å². The fraction of sp³-hybridized carbons (Fsp3) is 0.500. The van der Waals surface area contributed by atoms with Crippen molar-refractivity contribution in [2.75, 3.05) is 19.7 Å². The van der Waals surface area contributed by atoms with Gasteiger partial charge in [-0.05, 0) is 61.1 Å². The Morgan fingerprint density at radius 1 is 1.00 bits per heavy atom. The first kappa shape index (κ1) is 28.7. The van der Waals surface area contributed by atoms with Crippen molar-refractivity contribution < 1.29 is 40.6 Å². The smallest absolute Gasteiger partial charge is 0.374 e. The number of aryl methyl sites for hydroxylation is 1. The van der Waals surface area contributed by atoms with E-state index in [9.17, 15) is 31.1 Å². The average molecular weight is 568 g/mol. The number of benzene rings is 2. The summed E-state index contributed by atoms with van der Waals surface area (Å²) in [6.45, 7) is 6.97. The van der Waals surface area contributed by atoms with Crippen molar-refractivity contribution >= 4 is 5.78 Å². The maximum Gasteiger partial charge on any atom is 0.416 e. The van der Waals surface area contributed by atoms with Crippen molar-refractivity contribution in [3.63, 3.8) is 0 Å². The molecule has 0 aromatic heterocycles. The summed E-state index contributed by atoms with van der Waals surface area (Å²) in [6.07, 6.45) is -9.52. The van der Waals surface area contributed by atoms with Crippen molar-refractivity contribution in [1.82, 2.24) is 4.90 Å². The Labute approximate surface area is 228 Å². The van der Waals surface area contributed by atoms with E-state index < -0.39 is 35.9 Å². The molecule has 0 bridgehead atoms. The molecule has 1 unspecified atom stereocenters. The van der Waals surface area contributed by atoms with Crippen LogP contribution >= 0.6 is 0 Å². The number of fused-ring (bicyclic) bond motifs is 1. The molecule has 0 spiro atoms. The summed E-state index contributed by atoms with van der Waals surface area (Å²) in [6, 6.07) is 9.23. The van der Waals surface area contributed by atoms with Crippen LogP contribution in [0, 0.1) is 24.7 Å². The number of likely N-dealkylation sites (tertiary alicyclic amines) is 1. The third kappa shape index (κ3) is 5.65. The van der Waals surface area contributed by atoms with E-state index in [2.05, 4.69) is 4.90 Å². The zero-order valence-electron chi connectivity index (χ0n) is 22.4. The highest BCUT2D eigenvalue weighted by Gasteiger charge is 2.48. The summed E-state index contributed by atoms with van der Waals surface area (Å²) in [7, 11) is 0. The normalized spacial score (nSPS) is 28.0. The number of carbonyl (C=O) groups excluding carboxylic acids is 1. The number of hydrogen-bond acceptors (Lipinski definition) is 4. The Morgan fingerprint density at radius 2 is 1.65 bits per heavy atom. The van der Waals surface area contributed by atoms with Gasteiger partial charge in [0, 0.05) is 42.6 Å². The van der Waals surface area contributed by atoms with Crippen molar-refractivity contribution in [2.45, 2.75) is 57.9 Å². The molecular formula is C30H31F6NO3. The van der Waals surface area contributed by atoms with Gasteiger partial charge < -0.3 is 14.4 Å². The number of ether oxygens (including phenoxy) is 2. The zero-order valence-corrected chi connectivity index (χ0v) is 22.4. The molecule has 2 heterocycles. The fourth-order valence-electron chi connectivity index (χ4n) is 6.19. The Balaban J connectivity index is 1.46. The number of hydrogen-bond donors (Lipinski definition) is 0. The fourth-order valence-corrected chi connectivity index (χ4v) is 6.19. The Bertz CT molecular complexity index is 1270. The minimum Gasteiger partial charge on any atom is -0.374 e. The monoisotopic (exact) mass is 567 g/mol. The number of alkyl halides is 6. The molecule has 2 aromatic carbocycles. The second-order valence-corrected chi connectivity index (χ2v) is 11.2. The van der Waals surface area contributed by atoms with Gasteiger partial charge in [-0.1, -0.05) is 31.2 Å². The van der Waals surface area contributed by atoms with Gasteiger partial charge in [0.15, 0.2) is 12.1 Å². The lowest BCUT2D eigenvalue weighted by Crippen LogP contribution is -2.42. The number of nitrogens with zero attached hydrogens (tertiary/aromatic N) is 1. The molecule has 1 aliphatic carbocycles. The summed E-state index contributed by atoms with van der Waals surface area (Å²) < 4.78 is 93.3. The van der Waals surface area contributed by atoms with E-state index in [-0.39, 0.29) is 41.1 Å². The molecule has 0 amide bonds. The predicted octanol–water partition coefficient (Wildman–Crippen LogP) is 7.29. The van der Waals surface area contributed by atoms with E-state index in [0.29, 0.717) is 38.2 Å². The summed E-state index contributed by atoms with van der Waals surface area (Å²) >= 11 is 0. The van der Waals surface area contributed by atoms with Crippen LogP contribution in [0.1, 0.15) is 60.1 Å². The van der Waals surface area contributed by atoms with Crippen LogP contribution in [-0.4, -0.2) is 36.7 Å². The lowest BCUT2D eigenvalue weighted by Gasteiger charge is -2.41. The van der Waals surface area contributed by atoms with Crippen molar-refractivity contribution in [3.8, 4) is 0 Å². The van der Waals surface area contributed by atoms with Crippen molar-refractivity contribution in [2.24, 2.45) is 17.8 Å². The second kappa shape index (κ2) is 10.5. The lowest BCUT2D eigenvalue weighted by atomic mass is 9.76. The van der Waals surface area contributed by atoms with E-state index in [4.69, 9.17) is 9.47 Å². The molecule has 40 heavy (non-hydrogen) atoms. The Hall–Kier alpha value is -2.85. The molecule has 2 fully saturated rings. The first-order valence-corrected chi connectivity index (χ1v) is 13.3. The SMILES string of the molecule is Cc1ccccc1[C@@H]1[C@@H](O[C@H](C)c2cc(C(F)(F)F)cc(C(F)(F)F)c2)OC[C@@H]2CN(C3=CC(=O)C(C)C3)C[C@H]21. The highest BCUT2D eigenvalue weighted by Crippen LogP contribution is 2.47. The molecule has 2 aromatic rings. The molecule has 2 saturated heterocycles. The van der Waals surface area contributed by atoms with Crippen LogP contribution in [-0.2, 0) is 26.6 Å². The third-order valence-electron chi connectivity index (χ3n) is 8.40. The zero-order chi connectivity index (χ0) is 29.0. The highest BCUT2D eigenvalue weighted by molar-refractivity contribution is 5.94. The minimum absolute atomic E-state index is 0.0474. The van der Waals surface area contributed by atoms with Crippen molar-refractivity contribution in [3.05, 3.63) is 82.1 Å². The molecule has 5 rings (SSSR count). The van der Waals surface area contributed by atoms with Gasteiger partial charge in [0.25, 0.3) is 0 Å². The molecular weight excluding hydrogens is 536 g/mol. The van der Waals surface area contributed by atoms with Gasteiger partial charge in [-0.3, -0.25) is 4.79 Å². The Morgan fingerprint density at radius 3 is 2.23 bits per heavy atom. The molecule has 2 aliphatic heterocycles. The first-order valence-electron chi connectivity index (χ1n) is 13.3. The van der Waals surface area contributed by atoms with E-state index >= 15 is 0 Å². The van der Waals surface area contributed by atoms with Crippen LogP contribution in [0.2, 0.25) is 0 Å². The van der Waals surface area contributed by atoms with Crippen LogP contribution in [0.15, 0.2) is 54.2 Å². The van der Waals surface area contributed by atoms with Gasteiger partial charge in [0.2, 0.25) is 0 Å². The van der Waals surface area contributed by atoms with Crippen LogP contribution in [0.4, 0.5) is 26.3 Å². The van der Waals surface area contributed by atoms with Gasteiger partial charge >= 0.3 is 12.4 Å². The lowest BCUT2D eigenvalue weighted by molar-refractivity contribution is -0.217. The molecule has 0 saturated carbocycles. The quantitative estimate of drug-likeness (QED) is 0.356. The summed E-state index contributed by atoms with van der Waals surface area (Å²) in [5.41, 5.74) is -0.0568. The van der Waals surface area contributed by atoms with Crippen molar-refractivity contribution in [1.29, 1.82) is 0 Å². The summed E-state index contributed by atoms with van der Waals surface area (Å²) in [4.78, 5) is 14.4. The van der Waals surface area contributed by atoms with E-state index in [1.165, 1.54) is 6.92 Å². The molecule has 216 valence electrons. The molecule has 4 nitrogen and oxygen atoms in total. The maximum absolute atomic E-state index is 13.5. The average Bonchev–Trinajstić information content (AvgIpc) is 3.46. The standard InChI is InChI=1S/C30H31F6NO3/c1-16-6-4-5-7-24(16)27-25-14-37(23-8-17(2)26(38)12-23)13-20(25)15-39-28(27)40-18(3)19-9-21(29(31,32)33)11-22(10-19)30(34,35)36/h4-7,9-12,17-18,20,25,27-28H,8,13-15H2,1-3H3/t17?,18-,20+,25-,27+,28-/m1/s1. The number of rotatable bonds is 5. The minimum atomic E-state index is -4.95. The number of halogens is 6. The molecule has 0 radical (unpaired) electrons. The van der Waals surface area contributed by atoms with Crippen LogP contribution in [0.3, 0.4) is 0 Å². The number of ketones is 1. The highest BCUT2D eigenvalue weighted by atomic mass is 19.4. The summed E-state index contributed by atoms with van der Waals surface area (Å²) in [5.74, 6) is -0.100. The molecule has 10 heteroatoms. The third-order valence-corrected chi connectivity index (χ3v) is 8.40. The predicted molar refractivity (Wildman–Crippen MR) is 135 cm³/mol. The summed E-state index contributed by atoms with van der Waals surface area (Å²) in [5, 5.41) is 0. The largest absolute Gasteiger partial charge is 0.416 e. The van der Waals surface area contributed by atoms with E-state index in [1.807, 2.05) is 38.1 Å². The molecule has 0 N–H and O–H groups in total. The number of carbonyl (C=O) groups is 1. The van der Waals surface area contributed by atoms with Crippen LogP contribution in [0.5, 0.6) is 0 Å². The van der Waals surface area contributed by atoms with Gasteiger partial charge in [-0.2, -0.15) is 26.3 Å². The number of allylic oxidation sites excluding steroid dienone is 2. The maximum atomic E-state index is 13.5. The molecule has 6 atom stereocenters. The van der Waals surface area contributed by atoms with Crippen LogP contribution < -0.4 is 0 Å².